The molecule has 51 heavy (non-hydrogen) atoms. The van der Waals surface area contributed by atoms with Gasteiger partial charge in [-0.05, 0) is 101 Å². The summed E-state index contributed by atoms with van der Waals surface area (Å²) in [6.07, 6.45) is 0. The van der Waals surface area contributed by atoms with Crippen LogP contribution in [-0.2, 0) is 14.9 Å². The summed E-state index contributed by atoms with van der Waals surface area (Å²) in [5.74, 6) is -4.15. The largest absolute Gasteiger partial charge is 1.00 e. The minimum atomic E-state index is -4.91. The van der Waals surface area contributed by atoms with E-state index in [-0.39, 0.29) is 111 Å². The van der Waals surface area contributed by atoms with Crippen molar-refractivity contribution in [3.63, 3.8) is 0 Å². The molecule has 0 spiro atoms. The number of aryl methyl sites for hydroxylation is 2. The van der Waals surface area contributed by atoms with E-state index in [2.05, 4.69) is 25.8 Å². The van der Waals surface area contributed by atoms with E-state index in [1.165, 1.54) is 24.3 Å². The molecule has 0 fully saturated rings. The Labute approximate surface area is 358 Å². The van der Waals surface area contributed by atoms with Gasteiger partial charge in [0.05, 0.1) is 40.8 Å². The molecule has 5 aromatic carbocycles. The Balaban J connectivity index is 0.00000300. The van der Waals surface area contributed by atoms with Gasteiger partial charge in [0.2, 0.25) is 0 Å². The van der Waals surface area contributed by atoms with E-state index in [1.54, 1.807) is 31.2 Å². The van der Waals surface area contributed by atoms with Gasteiger partial charge in [0.15, 0.2) is 0 Å². The van der Waals surface area contributed by atoms with Crippen molar-refractivity contribution in [2.75, 3.05) is 11.9 Å². The molecule has 14 nitrogen and oxygen atoms in total. The van der Waals surface area contributed by atoms with Crippen molar-refractivity contribution in [2.45, 2.75) is 18.7 Å². The Hall–Kier alpha value is -3.19. The number of fused-ring (bicyclic) bond motifs is 1. The maximum absolute atomic E-state index is 13.3. The molecule has 244 valence electrons. The smallest absolute Gasteiger partial charge is 0.872 e. The summed E-state index contributed by atoms with van der Waals surface area (Å²) in [4.78, 5) is 21.2. The monoisotopic (exact) mass is 735 g/mol. The van der Waals surface area contributed by atoms with Crippen LogP contribution in [0.15, 0.2) is 104 Å². The van der Waals surface area contributed by atoms with Crippen molar-refractivity contribution in [1.82, 2.24) is 0 Å². The average Bonchev–Trinajstić information content (AvgIpc) is 3.03. The van der Waals surface area contributed by atoms with Crippen LogP contribution in [0.5, 0.6) is 11.5 Å². The predicted molar refractivity (Wildman–Crippen MR) is 169 cm³/mol. The van der Waals surface area contributed by atoms with Crippen LogP contribution in [0.3, 0.4) is 0 Å². The van der Waals surface area contributed by atoms with E-state index in [1.807, 2.05) is 19.1 Å². The van der Waals surface area contributed by atoms with Crippen LogP contribution in [-0.4, -0.2) is 36.6 Å². The Morgan fingerprint density at radius 2 is 1.35 bits per heavy atom. The quantitative estimate of drug-likeness (QED) is 0.0719. The van der Waals surface area contributed by atoms with Crippen LogP contribution in [0.1, 0.15) is 21.5 Å². The molecule has 0 saturated heterocycles. The van der Waals surface area contributed by atoms with E-state index in [0.29, 0.717) is 16.9 Å². The van der Waals surface area contributed by atoms with Gasteiger partial charge in [0.1, 0.15) is 4.90 Å². The number of aliphatic carboxylic acids is 1. The van der Waals surface area contributed by atoms with Crippen LogP contribution in [0.4, 0.5) is 28.4 Å². The number of benzene rings is 5. The third kappa shape index (κ3) is 10.7. The van der Waals surface area contributed by atoms with Crippen LogP contribution in [0.2, 0.25) is 0 Å². The summed E-state index contributed by atoms with van der Waals surface area (Å²) in [7, 11) is -4.91. The number of carboxylic acids is 2. The molecule has 0 unspecified atom stereocenters. The number of rotatable bonds is 10. The molecule has 0 atom stereocenters. The van der Waals surface area contributed by atoms with Crippen LogP contribution in [0.25, 0.3) is 21.9 Å². The molecule has 0 saturated carbocycles. The summed E-state index contributed by atoms with van der Waals surface area (Å²) in [5, 5.41) is 63.9. The van der Waals surface area contributed by atoms with Crippen molar-refractivity contribution in [3.05, 3.63) is 95.6 Å². The summed E-state index contributed by atoms with van der Waals surface area (Å²) in [6, 6.07) is 19.5. The fourth-order valence-electron chi connectivity index (χ4n) is 4.77. The van der Waals surface area contributed by atoms with E-state index < -0.39 is 56.2 Å². The van der Waals surface area contributed by atoms with Crippen molar-refractivity contribution in [3.8, 4) is 22.6 Å². The fraction of sp³-hybridized carbons (Fsp3) is 0.0909. The normalized spacial score (nSPS) is 11.1. The number of carboxylic acid groups (broad SMARTS) is 2. The molecular weight excluding hydrogens is 711 g/mol. The van der Waals surface area contributed by atoms with Crippen molar-refractivity contribution in [2.24, 2.45) is 20.5 Å². The molecule has 0 aliphatic heterocycles. The summed E-state index contributed by atoms with van der Waals surface area (Å²) in [5.41, 5.74) is 3.37. The van der Waals surface area contributed by atoms with Gasteiger partial charge in [0, 0.05) is 5.69 Å². The zero-order valence-electron chi connectivity index (χ0n) is 28.2. The molecule has 0 radical (unpaired) electrons. The van der Waals surface area contributed by atoms with Gasteiger partial charge in [-0.1, -0.05) is 35.8 Å². The van der Waals surface area contributed by atoms with Crippen molar-refractivity contribution >= 4 is 61.3 Å². The van der Waals surface area contributed by atoms with Crippen LogP contribution < -0.4 is 109 Å². The van der Waals surface area contributed by atoms with Gasteiger partial charge >= 0.3 is 94.6 Å². The van der Waals surface area contributed by atoms with Gasteiger partial charge in [0.25, 0.3) is 10.1 Å². The van der Waals surface area contributed by atoms with Gasteiger partial charge in [-0.3, -0.25) is 4.55 Å². The summed E-state index contributed by atoms with van der Waals surface area (Å²) >= 11 is 0. The number of nitrogens with one attached hydrogen (secondary N) is 1. The summed E-state index contributed by atoms with van der Waals surface area (Å²) < 4.78 is 34.3. The Kier molecular flexibility index (Phi) is 16.0. The first-order chi connectivity index (χ1) is 22.7. The van der Waals surface area contributed by atoms with Gasteiger partial charge in [-0.25, -0.2) is 4.79 Å². The number of azo groups is 2. The zero-order chi connectivity index (χ0) is 34.7. The van der Waals surface area contributed by atoms with Crippen LogP contribution >= 0.6 is 0 Å². The van der Waals surface area contributed by atoms with E-state index in [0.717, 1.165) is 34.9 Å². The molecule has 5 rings (SSSR count). The molecule has 18 heteroatoms. The van der Waals surface area contributed by atoms with Crippen LogP contribution in [0, 0.1) is 13.8 Å². The minimum Gasteiger partial charge on any atom is -0.872 e. The fourth-order valence-corrected chi connectivity index (χ4v) is 5.42. The number of aromatic carboxylic acids is 1. The van der Waals surface area contributed by atoms with E-state index >= 15 is 0 Å². The van der Waals surface area contributed by atoms with Gasteiger partial charge in [-0.2, -0.15) is 23.8 Å². The Bertz CT molecular complexity index is 2300. The average molecular weight is 736 g/mol. The molecule has 3 N–H and O–H groups in total. The number of carbonyl (C=O) groups is 2. The maximum atomic E-state index is 13.3. The predicted octanol–water partition coefficient (Wildman–Crippen LogP) is -3.78. The Morgan fingerprint density at radius 3 is 1.88 bits per heavy atom. The number of nitrogens with zero attached hydrogens (tertiary/aromatic N) is 4. The molecule has 0 heterocycles. The third-order valence-corrected chi connectivity index (χ3v) is 8.06. The molecule has 0 amide bonds. The molecular formula is C33H24N5Na3O9S. The molecule has 0 aliphatic carbocycles. The second-order valence-electron chi connectivity index (χ2n) is 10.6. The number of carbonyl (C=O) groups excluding carboxylic acids is 1. The number of hydrogen-bond acceptors (Lipinski definition) is 12. The van der Waals surface area contributed by atoms with E-state index in [9.17, 15) is 37.9 Å². The molecule has 5 aromatic rings. The Morgan fingerprint density at radius 1 is 0.765 bits per heavy atom. The molecule has 0 aliphatic rings. The van der Waals surface area contributed by atoms with Gasteiger partial charge in [-0.15, -0.1) is 5.11 Å². The zero-order valence-corrected chi connectivity index (χ0v) is 35.0. The first-order valence-corrected chi connectivity index (χ1v) is 15.4. The second kappa shape index (κ2) is 18.5. The SMILES string of the molecule is Cc1cc(-c2ccc(N=Nc3c(S(=O)(=O)O)cc4cc(NCC(=O)[O-])ccc4c3[O-])c(C)c2)ccc1N=Nc1ccc([O-])c(C(=O)O)c1.[Na+].[Na+].[Na+]. The van der Waals surface area contributed by atoms with Gasteiger partial charge < -0.3 is 30.5 Å². The summed E-state index contributed by atoms with van der Waals surface area (Å²) in [6.45, 7) is 3.05. The first-order valence-electron chi connectivity index (χ1n) is 14.0. The third-order valence-electron chi connectivity index (χ3n) is 7.20. The molecule has 0 bridgehead atoms. The minimum absolute atomic E-state index is 0. The number of hydrogen-bond donors (Lipinski definition) is 3. The number of anilines is 1. The van der Waals surface area contributed by atoms with Crippen molar-refractivity contribution in [1.29, 1.82) is 0 Å². The molecule has 0 aromatic heterocycles. The second-order valence-corrected chi connectivity index (χ2v) is 12.0. The topological polar surface area (TPSA) is 239 Å². The first kappa shape index (κ1) is 44.0. The maximum Gasteiger partial charge on any atom is 1.00 e. The van der Waals surface area contributed by atoms with E-state index in [4.69, 9.17) is 5.11 Å². The van der Waals surface area contributed by atoms with Crippen molar-refractivity contribution < 1.29 is 132 Å². The standard InChI is InChI=1S/C33H27N5O9S.3Na/c1-17-11-19(3-8-26(17)36-35-23-6-10-28(39)25(15-23)33(43)44)20-4-9-27(18(2)12-20)37-38-31-29(48(45,46)47)14-21-13-22(34-16-30(40)41)5-7-24(21)32(31)42;;;/h3-15,34,39,42H,16H2,1-2H3,(H,40,41)(H,43,44)(H,45,46,47);;;/q;3*+1/p-3.